The van der Waals surface area contributed by atoms with Gasteiger partial charge in [-0.05, 0) is 69.2 Å². The van der Waals surface area contributed by atoms with Crippen molar-refractivity contribution >= 4 is 21.9 Å². The standard InChI is InChI=1S/C16H21BrO2/c1-10-6-5-7-11-8-12(9-13(17)14(10)11)19-15(18)16(2,3)4/h8-10H,5-7H2,1-4H3. The Morgan fingerprint density at radius 2 is 2.05 bits per heavy atom. The van der Waals surface area contributed by atoms with Crippen LogP contribution >= 0.6 is 15.9 Å². The van der Waals surface area contributed by atoms with Gasteiger partial charge >= 0.3 is 5.97 Å². The molecule has 0 heterocycles. The molecule has 1 aromatic carbocycles. The number of hydrogen-bond acceptors (Lipinski definition) is 2. The normalized spacial score (nSPS) is 18.9. The number of ether oxygens (including phenoxy) is 1. The predicted molar refractivity (Wildman–Crippen MR) is 80.6 cm³/mol. The van der Waals surface area contributed by atoms with Gasteiger partial charge in [-0.25, -0.2) is 0 Å². The highest BCUT2D eigenvalue weighted by Crippen LogP contribution is 2.39. The van der Waals surface area contributed by atoms with E-state index in [9.17, 15) is 4.79 Å². The molecule has 1 aromatic rings. The molecule has 0 amide bonds. The van der Waals surface area contributed by atoms with Crippen LogP contribution < -0.4 is 4.74 Å². The third-order valence-electron chi connectivity index (χ3n) is 3.59. The molecule has 0 bridgehead atoms. The van der Waals surface area contributed by atoms with Crippen LogP contribution in [0.3, 0.4) is 0 Å². The first-order valence-electron chi connectivity index (χ1n) is 6.83. The van der Waals surface area contributed by atoms with Crippen molar-refractivity contribution < 1.29 is 9.53 Å². The minimum absolute atomic E-state index is 0.191. The molecule has 0 saturated heterocycles. The molecule has 0 spiro atoms. The molecule has 1 unspecified atom stereocenters. The van der Waals surface area contributed by atoms with E-state index in [1.807, 2.05) is 32.9 Å². The average Bonchev–Trinajstić information content (AvgIpc) is 2.27. The number of fused-ring (bicyclic) bond motifs is 1. The SMILES string of the molecule is CC1CCCc2cc(OC(=O)C(C)(C)C)cc(Br)c21. The zero-order chi connectivity index (χ0) is 14.2. The van der Waals surface area contributed by atoms with Crippen molar-refractivity contribution in [1.29, 1.82) is 0 Å². The number of aryl methyl sites for hydroxylation is 1. The van der Waals surface area contributed by atoms with Gasteiger partial charge < -0.3 is 4.74 Å². The second kappa shape index (κ2) is 5.28. The van der Waals surface area contributed by atoms with Crippen molar-refractivity contribution in [3.05, 3.63) is 27.7 Å². The molecule has 0 aromatic heterocycles. The van der Waals surface area contributed by atoms with E-state index in [0.717, 1.165) is 10.9 Å². The fourth-order valence-corrected chi connectivity index (χ4v) is 3.34. The van der Waals surface area contributed by atoms with Crippen molar-refractivity contribution in [2.75, 3.05) is 0 Å². The Labute approximate surface area is 123 Å². The van der Waals surface area contributed by atoms with Gasteiger partial charge in [0, 0.05) is 4.47 Å². The molecule has 0 radical (unpaired) electrons. The highest BCUT2D eigenvalue weighted by atomic mass is 79.9. The van der Waals surface area contributed by atoms with E-state index in [2.05, 4.69) is 22.9 Å². The Morgan fingerprint density at radius 3 is 2.68 bits per heavy atom. The number of carbonyl (C=O) groups is 1. The van der Waals surface area contributed by atoms with Crippen LogP contribution in [0.15, 0.2) is 16.6 Å². The lowest BCUT2D eigenvalue weighted by atomic mass is 9.84. The molecule has 2 nitrogen and oxygen atoms in total. The molecule has 1 aliphatic carbocycles. The maximum Gasteiger partial charge on any atom is 0.316 e. The molecule has 1 atom stereocenters. The Bertz CT molecular complexity index is 500. The van der Waals surface area contributed by atoms with Crippen LogP contribution in [0.4, 0.5) is 0 Å². The monoisotopic (exact) mass is 324 g/mol. The molecular weight excluding hydrogens is 304 g/mol. The predicted octanol–water partition coefficient (Wildman–Crippen LogP) is 4.84. The molecule has 2 rings (SSSR count). The zero-order valence-corrected chi connectivity index (χ0v) is 13.6. The summed E-state index contributed by atoms with van der Waals surface area (Å²) >= 11 is 3.62. The Balaban J connectivity index is 2.30. The van der Waals surface area contributed by atoms with Crippen molar-refractivity contribution in [2.45, 2.75) is 52.9 Å². The summed E-state index contributed by atoms with van der Waals surface area (Å²) in [6.45, 7) is 7.85. The van der Waals surface area contributed by atoms with Gasteiger partial charge in [-0.2, -0.15) is 0 Å². The van der Waals surface area contributed by atoms with Crippen LogP contribution in [-0.4, -0.2) is 5.97 Å². The van der Waals surface area contributed by atoms with Gasteiger partial charge in [0.2, 0.25) is 0 Å². The number of carbonyl (C=O) groups excluding carboxylic acids is 1. The maximum absolute atomic E-state index is 11.9. The Kier molecular flexibility index (Phi) is 4.05. The molecule has 0 aliphatic heterocycles. The number of esters is 1. The number of hydrogen-bond donors (Lipinski definition) is 0. The van der Waals surface area contributed by atoms with Crippen LogP contribution in [0.2, 0.25) is 0 Å². The van der Waals surface area contributed by atoms with Crippen LogP contribution in [0.25, 0.3) is 0 Å². The zero-order valence-electron chi connectivity index (χ0n) is 12.0. The van der Waals surface area contributed by atoms with E-state index in [0.29, 0.717) is 11.7 Å². The molecule has 104 valence electrons. The summed E-state index contributed by atoms with van der Waals surface area (Å²) in [6.07, 6.45) is 3.50. The lowest BCUT2D eigenvalue weighted by Crippen LogP contribution is -2.25. The summed E-state index contributed by atoms with van der Waals surface area (Å²) < 4.78 is 6.56. The van der Waals surface area contributed by atoms with Gasteiger partial charge in [-0.15, -0.1) is 0 Å². The molecule has 1 aliphatic rings. The minimum Gasteiger partial charge on any atom is -0.426 e. The van der Waals surface area contributed by atoms with E-state index in [1.165, 1.54) is 24.0 Å². The minimum atomic E-state index is -0.477. The van der Waals surface area contributed by atoms with Gasteiger partial charge in [0.1, 0.15) is 5.75 Å². The number of rotatable bonds is 1. The summed E-state index contributed by atoms with van der Waals surface area (Å²) in [4.78, 5) is 11.9. The van der Waals surface area contributed by atoms with Crippen LogP contribution in [-0.2, 0) is 11.2 Å². The number of benzene rings is 1. The third-order valence-corrected chi connectivity index (χ3v) is 4.24. The van der Waals surface area contributed by atoms with Crippen LogP contribution in [0, 0.1) is 5.41 Å². The molecule has 3 heteroatoms. The fraction of sp³-hybridized carbons (Fsp3) is 0.562. The molecule has 0 fully saturated rings. The molecule has 0 N–H and O–H groups in total. The van der Waals surface area contributed by atoms with Gasteiger partial charge in [-0.1, -0.05) is 22.9 Å². The molecule has 19 heavy (non-hydrogen) atoms. The number of halogens is 1. The fourth-order valence-electron chi connectivity index (χ4n) is 2.47. The maximum atomic E-state index is 11.9. The van der Waals surface area contributed by atoms with E-state index in [1.54, 1.807) is 0 Å². The first-order chi connectivity index (χ1) is 8.79. The highest BCUT2D eigenvalue weighted by molar-refractivity contribution is 9.10. The first kappa shape index (κ1) is 14.6. The Hall–Kier alpha value is -0.830. The smallest absolute Gasteiger partial charge is 0.316 e. The van der Waals surface area contributed by atoms with Crippen LogP contribution in [0.1, 0.15) is 57.6 Å². The molecule has 0 saturated carbocycles. The van der Waals surface area contributed by atoms with Crippen molar-refractivity contribution in [2.24, 2.45) is 5.41 Å². The first-order valence-corrected chi connectivity index (χ1v) is 7.63. The van der Waals surface area contributed by atoms with Gasteiger partial charge in [0.05, 0.1) is 5.41 Å². The lowest BCUT2D eigenvalue weighted by Gasteiger charge is -2.25. The van der Waals surface area contributed by atoms with Crippen molar-refractivity contribution in [3.63, 3.8) is 0 Å². The second-order valence-corrected chi connectivity index (χ2v) is 7.27. The quantitative estimate of drug-likeness (QED) is 0.545. The topological polar surface area (TPSA) is 26.3 Å². The lowest BCUT2D eigenvalue weighted by molar-refractivity contribution is -0.143. The summed E-state index contributed by atoms with van der Waals surface area (Å²) in [7, 11) is 0. The summed E-state index contributed by atoms with van der Waals surface area (Å²) in [5.41, 5.74) is 2.21. The van der Waals surface area contributed by atoms with Gasteiger partial charge in [0.25, 0.3) is 0 Å². The van der Waals surface area contributed by atoms with E-state index in [4.69, 9.17) is 4.74 Å². The highest BCUT2D eigenvalue weighted by Gasteiger charge is 2.25. The van der Waals surface area contributed by atoms with Crippen LogP contribution in [0.5, 0.6) is 5.75 Å². The summed E-state index contributed by atoms with van der Waals surface area (Å²) in [5.74, 6) is 1.04. The van der Waals surface area contributed by atoms with Gasteiger partial charge in [-0.3, -0.25) is 4.79 Å². The Morgan fingerprint density at radius 1 is 1.37 bits per heavy atom. The van der Waals surface area contributed by atoms with E-state index >= 15 is 0 Å². The van der Waals surface area contributed by atoms with Crippen molar-refractivity contribution in [1.82, 2.24) is 0 Å². The third kappa shape index (κ3) is 3.19. The molecular formula is C16H21BrO2. The van der Waals surface area contributed by atoms with Crippen molar-refractivity contribution in [3.8, 4) is 5.75 Å². The van der Waals surface area contributed by atoms with E-state index in [-0.39, 0.29) is 5.97 Å². The second-order valence-electron chi connectivity index (χ2n) is 6.41. The van der Waals surface area contributed by atoms with E-state index < -0.39 is 5.41 Å². The largest absolute Gasteiger partial charge is 0.426 e. The van der Waals surface area contributed by atoms with Gasteiger partial charge in [0.15, 0.2) is 0 Å². The summed E-state index contributed by atoms with van der Waals surface area (Å²) in [5, 5.41) is 0. The average molecular weight is 325 g/mol. The summed E-state index contributed by atoms with van der Waals surface area (Å²) in [6, 6.07) is 3.95.